The highest BCUT2D eigenvalue weighted by Crippen LogP contribution is 2.37. The molecule has 3 aliphatic rings. The number of carbonyl (C=O) groups is 3. The van der Waals surface area contributed by atoms with Gasteiger partial charge in [0.05, 0.1) is 24.9 Å². The van der Waals surface area contributed by atoms with Gasteiger partial charge in [0.15, 0.2) is 5.13 Å². The number of benzene rings is 1. The van der Waals surface area contributed by atoms with Gasteiger partial charge in [0.25, 0.3) is 0 Å². The molecule has 3 N–H and O–H groups in total. The second-order valence-electron chi connectivity index (χ2n) is 14.9. The van der Waals surface area contributed by atoms with E-state index in [4.69, 9.17) is 24.2 Å². The monoisotopic (exact) mass is 706 g/mol. The Hall–Kier alpha value is -4.13. The second-order valence-corrected chi connectivity index (χ2v) is 15.7. The van der Waals surface area contributed by atoms with E-state index in [-0.39, 0.29) is 30.9 Å². The van der Waals surface area contributed by atoms with Crippen LogP contribution in [0.15, 0.2) is 23.6 Å². The Morgan fingerprint density at radius 3 is 2.36 bits per heavy atom. The zero-order chi connectivity index (χ0) is 35.6. The minimum atomic E-state index is -0.914. The summed E-state index contributed by atoms with van der Waals surface area (Å²) >= 11 is 1.56. The maximum absolute atomic E-state index is 14.3. The van der Waals surface area contributed by atoms with E-state index in [9.17, 15) is 14.4 Å². The van der Waals surface area contributed by atoms with Crippen molar-refractivity contribution in [1.82, 2.24) is 25.5 Å². The van der Waals surface area contributed by atoms with E-state index in [0.29, 0.717) is 28.8 Å². The predicted octanol–water partition coefficient (Wildman–Crippen LogP) is 6.21. The summed E-state index contributed by atoms with van der Waals surface area (Å²) in [5, 5.41) is 12.8. The van der Waals surface area contributed by atoms with Crippen LogP contribution in [0.25, 0.3) is 22.3 Å². The Morgan fingerprint density at radius 1 is 0.960 bits per heavy atom. The smallest absolute Gasteiger partial charge is 0.408 e. The maximum Gasteiger partial charge on any atom is 0.408 e. The summed E-state index contributed by atoms with van der Waals surface area (Å²) in [6, 6.07) is 4.51. The van der Waals surface area contributed by atoms with Crippen LogP contribution in [0.5, 0.6) is 11.5 Å². The second kappa shape index (κ2) is 15.0. The van der Waals surface area contributed by atoms with Crippen molar-refractivity contribution in [3.05, 3.63) is 29.1 Å². The molecule has 3 amide bonds. The van der Waals surface area contributed by atoms with Gasteiger partial charge in [-0.3, -0.25) is 9.59 Å². The number of nitrogens with zero attached hydrogens (tertiary/aromatic N) is 3. The number of aryl methyl sites for hydroxylation is 1. The Morgan fingerprint density at radius 2 is 1.68 bits per heavy atom. The van der Waals surface area contributed by atoms with Crippen molar-refractivity contribution in [2.75, 3.05) is 26.0 Å². The van der Waals surface area contributed by atoms with Crippen LogP contribution >= 0.6 is 11.3 Å². The molecule has 1 aromatic carbocycles. The number of alkyl carbamates (subject to hydrolysis) is 1. The van der Waals surface area contributed by atoms with Crippen LogP contribution in [0.4, 0.5) is 9.93 Å². The van der Waals surface area contributed by atoms with E-state index < -0.39 is 29.7 Å². The van der Waals surface area contributed by atoms with Gasteiger partial charge in [0.2, 0.25) is 11.8 Å². The lowest BCUT2D eigenvalue weighted by atomic mass is 9.85. The van der Waals surface area contributed by atoms with Gasteiger partial charge >= 0.3 is 6.09 Å². The molecule has 2 aliphatic carbocycles. The zero-order valence-corrected chi connectivity index (χ0v) is 30.8. The number of methoxy groups -OCH3 is 1. The third-order valence-electron chi connectivity index (χ3n) is 10.1. The molecular formula is C37H50N6O6S. The molecule has 12 nitrogen and oxygen atoms in total. The molecule has 6 rings (SSSR count). The lowest BCUT2D eigenvalue weighted by Crippen LogP contribution is -2.57. The number of nitrogens with one attached hydrogen (secondary N) is 3. The molecule has 50 heavy (non-hydrogen) atoms. The van der Waals surface area contributed by atoms with Crippen molar-refractivity contribution >= 4 is 45.3 Å². The van der Waals surface area contributed by atoms with Gasteiger partial charge in [-0.15, -0.1) is 11.3 Å². The molecule has 3 atom stereocenters. The van der Waals surface area contributed by atoms with Crippen LogP contribution in [0, 0.1) is 12.3 Å². The van der Waals surface area contributed by atoms with Gasteiger partial charge in [0.1, 0.15) is 41.5 Å². The highest BCUT2D eigenvalue weighted by molar-refractivity contribution is 7.14. The summed E-state index contributed by atoms with van der Waals surface area (Å²) in [5.41, 5.74) is 2.34. The number of hydrogen-bond donors (Lipinski definition) is 3. The van der Waals surface area contributed by atoms with Crippen molar-refractivity contribution in [2.24, 2.45) is 5.41 Å². The van der Waals surface area contributed by atoms with Crippen LogP contribution in [0.1, 0.15) is 84.1 Å². The Bertz CT molecular complexity index is 1710. The molecule has 0 radical (unpaired) electrons. The van der Waals surface area contributed by atoms with Crippen molar-refractivity contribution < 1.29 is 28.6 Å². The van der Waals surface area contributed by atoms with E-state index in [0.717, 1.165) is 60.3 Å². The van der Waals surface area contributed by atoms with Crippen molar-refractivity contribution in [3.8, 4) is 22.9 Å². The SMILES string of the molecule is CNC(=O)[C@@H]1C[C@@H](Oc2cc(-c3csc(NC4CCCC4)n3)nc3cc(OC)c(C)cc23)CN1C(=O)[C@@H](NC(=O)OC1CCCC1)C(C)(C)C. The standard InChI is InChI=1S/C37H50N6O6S/c1-21-15-25-26(17-30(21)47-6)40-27(28-20-50-35(41-28)39-22-11-7-8-12-22)18-31(25)48-24-16-29(33(44)38-5)43(19-24)34(45)32(37(2,3)4)42-36(46)49-23-13-9-10-14-23/h15,17-18,20,22-24,29,32H,7-14,16,19H2,1-6H3,(H,38,44)(H,39,41)(H,42,46)/t24-,29+,32-/m1/s1. The van der Waals surface area contributed by atoms with Gasteiger partial charge in [-0.2, -0.15) is 0 Å². The first kappa shape index (κ1) is 35.7. The highest BCUT2D eigenvalue weighted by atomic mass is 32.1. The van der Waals surface area contributed by atoms with Crippen molar-refractivity contribution in [3.63, 3.8) is 0 Å². The quantitative estimate of drug-likeness (QED) is 0.224. The highest BCUT2D eigenvalue weighted by Gasteiger charge is 2.46. The van der Waals surface area contributed by atoms with Crippen LogP contribution in [-0.4, -0.2) is 83.8 Å². The normalized spacial score (nSPS) is 20.6. The van der Waals surface area contributed by atoms with Gasteiger partial charge in [0, 0.05) is 42.4 Å². The lowest BCUT2D eigenvalue weighted by Gasteiger charge is -2.35. The summed E-state index contributed by atoms with van der Waals surface area (Å²) in [6.45, 7) is 7.78. The van der Waals surface area contributed by atoms with E-state index >= 15 is 0 Å². The number of rotatable bonds is 10. The van der Waals surface area contributed by atoms with Gasteiger partial charge in [-0.25, -0.2) is 14.8 Å². The first-order chi connectivity index (χ1) is 23.9. The average Bonchev–Trinajstić information content (AvgIpc) is 3.91. The third kappa shape index (κ3) is 7.92. The number of fused-ring (bicyclic) bond motifs is 1. The van der Waals surface area contributed by atoms with Crippen LogP contribution in [-0.2, 0) is 14.3 Å². The summed E-state index contributed by atoms with van der Waals surface area (Å²) in [7, 11) is 3.19. The molecule has 0 unspecified atom stereocenters. The fraction of sp³-hybridized carbons (Fsp3) is 0.595. The number of hydrogen-bond acceptors (Lipinski definition) is 10. The number of amides is 3. The Balaban J connectivity index is 1.28. The topological polar surface area (TPSA) is 144 Å². The largest absolute Gasteiger partial charge is 0.496 e. The van der Waals surface area contributed by atoms with Gasteiger partial charge in [-0.1, -0.05) is 33.6 Å². The summed E-state index contributed by atoms with van der Waals surface area (Å²) in [5.74, 6) is 0.636. The van der Waals surface area contributed by atoms with Gasteiger partial charge < -0.3 is 35.1 Å². The van der Waals surface area contributed by atoms with E-state index in [1.54, 1.807) is 25.5 Å². The average molecular weight is 707 g/mol. The van der Waals surface area contributed by atoms with E-state index in [1.165, 1.54) is 17.7 Å². The third-order valence-corrected chi connectivity index (χ3v) is 10.8. The first-order valence-corrected chi connectivity index (χ1v) is 18.7. The Labute approximate surface area is 298 Å². The summed E-state index contributed by atoms with van der Waals surface area (Å²) in [6.07, 6.45) is 7.46. The van der Waals surface area contributed by atoms with Gasteiger partial charge in [-0.05, 0) is 62.5 Å². The lowest BCUT2D eigenvalue weighted by molar-refractivity contribution is -0.142. The number of ether oxygens (including phenoxy) is 3. The minimum absolute atomic E-state index is 0.142. The van der Waals surface area contributed by atoms with E-state index in [2.05, 4.69) is 16.0 Å². The molecule has 0 bridgehead atoms. The number of carbonyl (C=O) groups excluding carboxylic acids is 3. The van der Waals surface area contributed by atoms with Crippen LogP contribution in [0.3, 0.4) is 0 Å². The maximum atomic E-state index is 14.3. The molecule has 2 aromatic heterocycles. The molecule has 1 aliphatic heterocycles. The van der Waals surface area contributed by atoms with Crippen molar-refractivity contribution in [1.29, 1.82) is 0 Å². The molecule has 13 heteroatoms. The Kier molecular flexibility index (Phi) is 10.7. The van der Waals surface area contributed by atoms with Crippen LogP contribution in [0.2, 0.25) is 0 Å². The predicted molar refractivity (Wildman–Crippen MR) is 194 cm³/mol. The molecule has 3 heterocycles. The number of thiazole rings is 1. The first-order valence-electron chi connectivity index (χ1n) is 17.8. The molecule has 0 spiro atoms. The van der Waals surface area contributed by atoms with Crippen molar-refractivity contribution in [2.45, 2.75) is 116 Å². The summed E-state index contributed by atoms with van der Waals surface area (Å²) in [4.78, 5) is 51.8. The molecule has 2 saturated carbocycles. The molecular weight excluding hydrogens is 657 g/mol. The molecule has 3 aromatic rings. The molecule has 3 fully saturated rings. The number of likely N-dealkylation sites (tertiary alicyclic amines) is 1. The fourth-order valence-corrected chi connectivity index (χ4v) is 8.11. The molecule has 1 saturated heterocycles. The zero-order valence-electron chi connectivity index (χ0n) is 30.0. The minimum Gasteiger partial charge on any atom is -0.496 e. The number of anilines is 1. The molecule has 270 valence electrons. The van der Waals surface area contributed by atoms with Crippen LogP contribution < -0.4 is 25.4 Å². The number of aromatic nitrogens is 2. The fourth-order valence-electron chi connectivity index (χ4n) is 7.33. The number of likely N-dealkylation sites (N-methyl/N-ethyl adjacent to an activating group) is 1. The van der Waals surface area contributed by atoms with E-state index in [1.807, 2.05) is 51.3 Å². The summed E-state index contributed by atoms with van der Waals surface area (Å²) < 4.78 is 18.0. The number of pyridine rings is 1.